The van der Waals surface area contributed by atoms with Crippen molar-refractivity contribution >= 4 is 0 Å². The summed E-state index contributed by atoms with van der Waals surface area (Å²) in [6, 6.07) is 0.432. The lowest BCUT2D eigenvalue weighted by atomic mass is 10.4. The van der Waals surface area contributed by atoms with Crippen molar-refractivity contribution in [3.8, 4) is 0 Å². The third-order valence-electron chi connectivity index (χ3n) is 0.628. The molecule has 0 aliphatic heterocycles. The molecule has 0 spiro atoms. The van der Waals surface area contributed by atoms with Crippen molar-refractivity contribution in [2.24, 2.45) is 0 Å². The van der Waals surface area contributed by atoms with Crippen LogP contribution in [0.15, 0.2) is 0 Å². The van der Waals surface area contributed by atoms with Crippen molar-refractivity contribution in [3.63, 3.8) is 0 Å². The minimum Gasteiger partial charge on any atom is -0.395 e. The monoisotopic (exact) mass is 118 g/mol. The minimum absolute atomic E-state index is 0.180. The van der Waals surface area contributed by atoms with Crippen LogP contribution in [0, 0.1) is 0 Å². The van der Waals surface area contributed by atoms with Crippen LogP contribution in [0.3, 0.4) is 0 Å². The van der Waals surface area contributed by atoms with E-state index in [0.29, 0.717) is 12.6 Å². The molecule has 3 nitrogen and oxygen atoms in total. The largest absolute Gasteiger partial charge is 0.395 e. The molecule has 0 aliphatic rings. The van der Waals surface area contributed by atoms with Gasteiger partial charge in [0.05, 0.1) is 6.61 Å². The normalized spacial score (nSPS) is 10.5. The van der Waals surface area contributed by atoms with E-state index in [4.69, 9.17) is 5.11 Å². The highest BCUT2D eigenvalue weighted by Gasteiger charge is 1.86. The molecule has 50 valence electrons. The molecule has 0 bridgehead atoms. The van der Waals surface area contributed by atoms with E-state index in [9.17, 15) is 0 Å². The molecule has 0 atom stereocenters. The van der Waals surface area contributed by atoms with Crippen LogP contribution in [0.5, 0.6) is 0 Å². The van der Waals surface area contributed by atoms with Gasteiger partial charge >= 0.3 is 0 Å². The molecule has 0 saturated carbocycles. The first-order chi connectivity index (χ1) is 3.77. The van der Waals surface area contributed by atoms with Crippen LogP contribution in [0.25, 0.3) is 0 Å². The van der Waals surface area contributed by atoms with E-state index in [1.54, 1.807) is 0 Å². The lowest BCUT2D eigenvalue weighted by Gasteiger charge is -2.07. The smallest absolute Gasteiger partial charge is 0.0569 e. The topological polar surface area (TPSA) is 44.3 Å². The Labute approximate surface area is 50.1 Å². The maximum Gasteiger partial charge on any atom is 0.0569 e. The van der Waals surface area contributed by atoms with Gasteiger partial charge in [-0.25, -0.2) is 0 Å². The molecule has 8 heavy (non-hydrogen) atoms. The summed E-state index contributed by atoms with van der Waals surface area (Å²) < 4.78 is 0. The van der Waals surface area contributed by atoms with Crippen LogP contribution in [-0.4, -0.2) is 24.3 Å². The van der Waals surface area contributed by atoms with E-state index in [1.165, 1.54) is 0 Å². The van der Waals surface area contributed by atoms with Gasteiger partial charge in [0.25, 0.3) is 0 Å². The first-order valence-electron chi connectivity index (χ1n) is 2.86. The first kappa shape index (κ1) is 7.88. The molecule has 0 aliphatic carbocycles. The molecule has 0 aromatic rings. The van der Waals surface area contributed by atoms with E-state index in [2.05, 4.69) is 10.9 Å². The fourth-order valence-electron chi connectivity index (χ4n) is 0.332. The summed E-state index contributed by atoms with van der Waals surface area (Å²) in [6.45, 7) is 4.85. The zero-order chi connectivity index (χ0) is 6.41. The Morgan fingerprint density at radius 3 is 2.50 bits per heavy atom. The zero-order valence-corrected chi connectivity index (χ0v) is 5.44. The van der Waals surface area contributed by atoms with Gasteiger partial charge in [0.15, 0.2) is 0 Å². The van der Waals surface area contributed by atoms with Crippen LogP contribution in [0.2, 0.25) is 0 Å². The van der Waals surface area contributed by atoms with Gasteiger partial charge < -0.3 is 5.11 Å². The second kappa shape index (κ2) is 5.03. The number of nitrogens with one attached hydrogen (secondary N) is 2. The van der Waals surface area contributed by atoms with Gasteiger partial charge in [0, 0.05) is 12.6 Å². The summed E-state index contributed by atoms with van der Waals surface area (Å²) in [5, 5.41) is 8.28. The molecule has 0 amide bonds. The molecule has 3 heteroatoms. The van der Waals surface area contributed by atoms with Gasteiger partial charge in [0.1, 0.15) is 0 Å². The summed E-state index contributed by atoms with van der Waals surface area (Å²) in [5.41, 5.74) is 5.77. The van der Waals surface area contributed by atoms with Crippen LogP contribution in [0.4, 0.5) is 0 Å². The standard InChI is InChI=1S/C5H14N2O/c1-5(2)7-6-3-4-8/h5-8H,3-4H2,1-2H3. The summed E-state index contributed by atoms with van der Waals surface area (Å²) in [6.07, 6.45) is 0. The summed E-state index contributed by atoms with van der Waals surface area (Å²) in [7, 11) is 0. The van der Waals surface area contributed by atoms with Crippen molar-refractivity contribution in [1.29, 1.82) is 0 Å². The average Bonchev–Trinajstić information content (AvgIpc) is 1.66. The maximum absolute atomic E-state index is 8.28. The van der Waals surface area contributed by atoms with Crippen molar-refractivity contribution in [1.82, 2.24) is 10.9 Å². The van der Waals surface area contributed by atoms with E-state index in [-0.39, 0.29) is 6.61 Å². The number of rotatable bonds is 4. The fraction of sp³-hybridized carbons (Fsp3) is 1.00. The lowest BCUT2D eigenvalue weighted by molar-refractivity contribution is 0.279. The number of aliphatic hydroxyl groups excluding tert-OH is 1. The lowest BCUT2D eigenvalue weighted by Crippen LogP contribution is -2.38. The van der Waals surface area contributed by atoms with E-state index in [1.807, 2.05) is 13.8 Å². The van der Waals surface area contributed by atoms with Gasteiger partial charge in [-0.15, -0.1) is 0 Å². The highest BCUT2D eigenvalue weighted by Crippen LogP contribution is 1.68. The SMILES string of the molecule is CC(C)NNCCO. The number of hydrogen-bond donors (Lipinski definition) is 3. The van der Waals surface area contributed by atoms with Crippen LogP contribution in [-0.2, 0) is 0 Å². The van der Waals surface area contributed by atoms with Gasteiger partial charge in [-0.05, 0) is 13.8 Å². The van der Waals surface area contributed by atoms with Crippen LogP contribution in [0.1, 0.15) is 13.8 Å². The molecule has 0 aromatic heterocycles. The predicted octanol–water partition coefficient (Wildman–Crippen LogP) is -0.519. The Balaban J connectivity index is 2.72. The Kier molecular flexibility index (Phi) is 4.95. The summed E-state index contributed by atoms with van der Waals surface area (Å²) in [5.74, 6) is 0. The molecule has 0 fully saturated rings. The van der Waals surface area contributed by atoms with Gasteiger partial charge in [-0.2, -0.15) is 0 Å². The Morgan fingerprint density at radius 2 is 2.12 bits per heavy atom. The number of aliphatic hydroxyl groups is 1. The maximum atomic E-state index is 8.28. The van der Waals surface area contributed by atoms with Gasteiger partial charge in [-0.3, -0.25) is 10.9 Å². The van der Waals surface area contributed by atoms with Crippen molar-refractivity contribution in [2.75, 3.05) is 13.2 Å². The van der Waals surface area contributed by atoms with Crippen LogP contribution < -0.4 is 10.9 Å². The minimum atomic E-state index is 0.180. The van der Waals surface area contributed by atoms with Gasteiger partial charge in [0.2, 0.25) is 0 Å². The van der Waals surface area contributed by atoms with Crippen molar-refractivity contribution in [2.45, 2.75) is 19.9 Å². The molecule has 0 unspecified atom stereocenters. The summed E-state index contributed by atoms with van der Waals surface area (Å²) in [4.78, 5) is 0. The third kappa shape index (κ3) is 5.88. The van der Waals surface area contributed by atoms with Crippen LogP contribution >= 0.6 is 0 Å². The third-order valence-corrected chi connectivity index (χ3v) is 0.628. The molecular formula is C5H14N2O. The van der Waals surface area contributed by atoms with E-state index < -0.39 is 0 Å². The molecule has 0 saturated heterocycles. The molecule has 3 N–H and O–H groups in total. The summed E-state index contributed by atoms with van der Waals surface area (Å²) >= 11 is 0. The number of hydrogen-bond acceptors (Lipinski definition) is 3. The van der Waals surface area contributed by atoms with E-state index in [0.717, 1.165) is 0 Å². The second-order valence-corrected chi connectivity index (χ2v) is 1.95. The van der Waals surface area contributed by atoms with E-state index >= 15 is 0 Å². The van der Waals surface area contributed by atoms with Gasteiger partial charge in [-0.1, -0.05) is 0 Å². The quantitative estimate of drug-likeness (QED) is 0.344. The highest BCUT2D eigenvalue weighted by atomic mass is 16.3. The predicted molar refractivity (Wildman–Crippen MR) is 33.4 cm³/mol. The molecule has 0 radical (unpaired) electrons. The molecular weight excluding hydrogens is 104 g/mol. The Hall–Kier alpha value is -0.120. The molecule has 0 heterocycles. The molecule has 0 aromatic carbocycles. The van der Waals surface area contributed by atoms with Crippen molar-refractivity contribution in [3.05, 3.63) is 0 Å². The number of hydrazine groups is 1. The first-order valence-corrected chi connectivity index (χ1v) is 2.86. The molecule has 0 rings (SSSR count). The van der Waals surface area contributed by atoms with Crippen molar-refractivity contribution < 1.29 is 5.11 Å². The Morgan fingerprint density at radius 1 is 1.50 bits per heavy atom. The Bertz CT molecular complexity index is 47.7. The zero-order valence-electron chi connectivity index (χ0n) is 5.44. The highest BCUT2D eigenvalue weighted by molar-refractivity contribution is 4.45. The average molecular weight is 118 g/mol. The fourth-order valence-corrected chi connectivity index (χ4v) is 0.332. The second-order valence-electron chi connectivity index (χ2n) is 1.95.